The molecule has 0 unspecified atom stereocenters. The number of methoxy groups -OCH3 is 2. The first-order valence-corrected chi connectivity index (χ1v) is 11.5. The summed E-state index contributed by atoms with van der Waals surface area (Å²) in [6, 6.07) is 14.4. The summed E-state index contributed by atoms with van der Waals surface area (Å²) in [7, 11) is 3.34. The van der Waals surface area contributed by atoms with Gasteiger partial charge in [0.05, 0.1) is 25.3 Å². The third-order valence-electron chi connectivity index (χ3n) is 5.78. The quantitative estimate of drug-likeness (QED) is 0.279. The van der Waals surface area contributed by atoms with Crippen LogP contribution in [0.3, 0.4) is 0 Å². The molecule has 4 heteroatoms. The van der Waals surface area contributed by atoms with Crippen molar-refractivity contribution in [1.82, 2.24) is 9.55 Å². The van der Waals surface area contributed by atoms with E-state index in [0.717, 1.165) is 34.9 Å². The Morgan fingerprint density at radius 1 is 0.767 bits per heavy atom. The van der Waals surface area contributed by atoms with Crippen molar-refractivity contribution in [2.45, 2.75) is 71.3 Å². The molecule has 0 atom stereocenters. The lowest BCUT2D eigenvalue weighted by Gasteiger charge is -2.12. The Hall–Kier alpha value is -2.49. The van der Waals surface area contributed by atoms with Gasteiger partial charge in [0.1, 0.15) is 5.82 Å². The van der Waals surface area contributed by atoms with E-state index in [9.17, 15) is 0 Å². The molecule has 3 aromatic rings. The summed E-state index contributed by atoms with van der Waals surface area (Å²) in [4.78, 5) is 4.94. The monoisotopic (exact) mass is 408 g/mol. The molecule has 0 N–H and O–H groups in total. The van der Waals surface area contributed by atoms with Crippen molar-refractivity contribution < 1.29 is 9.47 Å². The van der Waals surface area contributed by atoms with Gasteiger partial charge >= 0.3 is 0 Å². The molecule has 1 aromatic heterocycles. The average molecular weight is 409 g/mol. The Balaban J connectivity index is 1.68. The number of nitrogens with zero attached hydrogens (tertiary/aromatic N) is 2. The third-order valence-corrected chi connectivity index (χ3v) is 5.78. The summed E-state index contributed by atoms with van der Waals surface area (Å²) >= 11 is 0. The normalized spacial score (nSPS) is 11.2. The van der Waals surface area contributed by atoms with Crippen molar-refractivity contribution in [2.24, 2.45) is 0 Å². The number of aryl methyl sites for hydroxylation is 1. The molecular weight excluding hydrogens is 372 g/mol. The average Bonchev–Trinajstić information content (AvgIpc) is 3.16. The van der Waals surface area contributed by atoms with Gasteiger partial charge < -0.3 is 14.0 Å². The number of fused-ring (bicyclic) bond motifs is 1. The smallest absolute Gasteiger partial charge is 0.161 e. The second-order valence-corrected chi connectivity index (χ2v) is 7.97. The fourth-order valence-corrected chi connectivity index (χ4v) is 4.08. The van der Waals surface area contributed by atoms with Crippen LogP contribution in [0, 0.1) is 0 Å². The Labute approximate surface area is 181 Å². The number of hydrogen-bond donors (Lipinski definition) is 0. The largest absolute Gasteiger partial charge is 0.493 e. The minimum atomic E-state index is 0.733. The molecule has 3 rings (SSSR count). The van der Waals surface area contributed by atoms with E-state index in [2.05, 4.69) is 41.8 Å². The number of imidazole rings is 1. The summed E-state index contributed by atoms with van der Waals surface area (Å²) < 4.78 is 13.3. The number of ether oxygens (including phenoxy) is 2. The van der Waals surface area contributed by atoms with Crippen LogP contribution in [0.15, 0.2) is 42.5 Å². The van der Waals surface area contributed by atoms with Crippen LogP contribution in [0.5, 0.6) is 11.5 Å². The number of rotatable bonds is 13. The Morgan fingerprint density at radius 2 is 1.43 bits per heavy atom. The van der Waals surface area contributed by atoms with Gasteiger partial charge in [0.15, 0.2) is 11.5 Å². The van der Waals surface area contributed by atoms with Crippen molar-refractivity contribution in [3.63, 3.8) is 0 Å². The van der Waals surface area contributed by atoms with Crippen molar-refractivity contribution in [2.75, 3.05) is 14.2 Å². The Morgan fingerprint density at radius 3 is 2.13 bits per heavy atom. The second-order valence-electron chi connectivity index (χ2n) is 7.97. The highest BCUT2D eigenvalue weighted by atomic mass is 16.5. The van der Waals surface area contributed by atoms with Crippen molar-refractivity contribution in [1.29, 1.82) is 0 Å². The zero-order valence-corrected chi connectivity index (χ0v) is 18.8. The Bertz CT molecular complexity index is 917. The molecule has 4 nitrogen and oxygen atoms in total. The molecule has 2 aromatic carbocycles. The minimum absolute atomic E-state index is 0.733. The lowest BCUT2D eigenvalue weighted by Crippen LogP contribution is -2.01. The van der Waals surface area contributed by atoms with Gasteiger partial charge in [0.25, 0.3) is 0 Å². The summed E-state index contributed by atoms with van der Waals surface area (Å²) in [6.45, 7) is 3.26. The van der Waals surface area contributed by atoms with Gasteiger partial charge in [-0.3, -0.25) is 0 Å². The molecule has 0 aliphatic carbocycles. The van der Waals surface area contributed by atoms with Crippen LogP contribution in [0.1, 0.15) is 64.7 Å². The zero-order chi connectivity index (χ0) is 21.2. The van der Waals surface area contributed by atoms with E-state index in [-0.39, 0.29) is 0 Å². The van der Waals surface area contributed by atoms with E-state index < -0.39 is 0 Å². The lowest BCUT2D eigenvalue weighted by molar-refractivity contribution is 0.355. The van der Waals surface area contributed by atoms with Crippen LogP contribution < -0.4 is 9.47 Å². The summed E-state index contributed by atoms with van der Waals surface area (Å²) in [5, 5.41) is 0. The van der Waals surface area contributed by atoms with Crippen LogP contribution in [-0.4, -0.2) is 23.8 Å². The fraction of sp³-hybridized carbons (Fsp3) is 0.500. The number of aromatic nitrogens is 2. The molecule has 0 saturated carbocycles. The maximum absolute atomic E-state index is 5.51. The molecule has 162 valence electrons. The zero-order valence-electron chi connectivity index (χ0n) is 18.8. The van der Waals surface area contributed by atoms with Crippen LogP contribution in [0.25, 0.3) is 22.4 Å². The van der Waals surface area contributed by atoms with Crippen molar-refractivity contribution in [3.8, 4) is 22.9 Å². The molecule has 1 heterocycles. The second kappa shape index (κ2) is 11.6. The highest BCUT2D eigenvalue weighted by Gasteiger charge is 2.14. The predicted octanol–water partition coefficient (Wildman–Crippen LogP) is 7.25. The first kappa shape index (κ1) is 22.2. The van der Waals surface area contributed by atoms with Gasteiger partial charge in [-0.2, -0.15) is 0 Å². The highest BCUT2D eigenvalue weighted by molar-refractivity contribution is 5.81. The topological polar surface area (TPSA) is 36.3 Å². The minimum Gasteiger partial charge on any atom is -0.493 e. The molecule has 0 aliphatic rings. The number of hydrogen-bond acceptors (Lipinski definition) is 3. The molecule has 0 aliphatic heterocycles. The molecular formula is C26H36N2O2. The molecule has 0 fully saturated rings. The van der Waals surface area contributed by atoms with Crippen LogP contribution in [0.2, 0.25) is 0 Å². The SMILES string of the molecule is CCCCCCCCCCCn1c(-c2ccc(OC)c(OC)c2)nc2ccccc21. The molecule has 0 spiro atoms. The van der Waals surface area contributed by atoms with E-state index in [0.29, 0.717) is 0 Å². The van der Waals surface area contributed by atoms with Crippen LogP contribution in [0.4, 0.5) is 0 Å². The van der Waals surface area contributed by atoms with Gasteiger partial charge in [0.2, 0.25) is 0 Å². The fourth-order valence-electron chi connectivity index (χ4n) is 4.08. The number of unbranched alkanes of at least 4 members (excludes halogenated alkanes) is 8. The maximum atomic E-state index is 5.51. The van der Waals surface area contributed by atoms with E-state index in [1.807, 2.05) is 12.1 Å². The standard InChI is InChI=1S/C26H36N2O2/c1-4-5-6-7-8-9-10-11-14-19-28-23-16-13-12-15-22(23)27-26(28)21-17-18-24(29-2)25(20-21)30-3/h12-13,15-18,20H,4-11,14,19H2,1-3H3. The lowest BCUT2D eigenvalue weighted by atomic mass is 10.1. The molecule has 0 radical (unpaired) electrons. The number of benzene rings is 2. The summed E-state index contributed by atoms with van der Waals surface area (Å²) in [5.74, 6) is 2.47. The van der Waals surface area contributed by atoms with Gasteiger partial charge in [-0.15, -0.1) is 0 Å². The molecule has 0 amide bonds. The van der Waals surface area contributed by atoms with Crippen LogP contribution >= 0.6 is 0 Å². The first-order chi connectivity index (χ1) is 14.8. The van der Waals surface area contributed by atoms with Crippen molar-refractivity contribution >= 4 is 11.0 Å². The highest BCUT2D eigenvalue weighted by Crippen LogP contribution is 2.33. The van der Waals surface area contributed by atoms with Gasteiger partial charge in [0, 0.05) is 12.1 Å². The number of para-hydroxylation sites is 2. The Kier molecular flexibility index (Phi) is 8.61. The van der Waals surface area contributed by atoms with Crippen LogP contribution in [-0.2, 0) is 6.54 Å². The maximum Gasteiger partial charge on any atom is 0.161 e. The van der Waals surface area contributed by atoms with E-state index in [1.165, 1.54) is 63.3 Å². The van der Waals surface area contributed by atoms with E-state index in [1.54, 1.807) is 14.2 Å². The predicted molar refractivity (Wildman–Crippen MR) is 126 cm³/mol. The van der Waals surface area contributed by atoms with Crippen molar-refractivity contribution in [3.05, 3.63) is 42.5 Å². The molecule has 30 heavy (non-hydrogen) atoms. The van der Waals surface area contributed by atoms with E-state index in [4.69, 9.17) is 14.5 Å². The van der Waals surface area contributed by atoms with Gasteiger partial charge in [-0.25, -0.2) is 4.98 Å². The van der Waals surface area contributed by atoms with Gasteiger partial charge in [-0.1, -0.05) is 70.4 Å². The molecule has 0 bridgehead atoms. The van der Waals surface area contributed by atoms with Gasteiger partial charge in [-0.05, 0) is 36.8 Å². The summed E-state index contributed by atoms with van der Waals surface area (Å²) in [6.07, 6.45) is 12.0. The molecule has 0 saturated heterocycles. The first-order valence-electron chi connectivity index (χ1n) is 11.5. The third kappa shape index (κ3) is 5.56. The summed E-state index contributed by atoms with van der Waals surface area (Å²) in [5.41, 5.74) is 3.29. The van der Waals surface area contributed by atoms with E-state index >= 15 is 0 Å².